The van der Waals surface area contributed by atoms with Gasteiger partial charge in [0.15, 0.2) is 23.0 Å². The van der Waals surface area contributed by atoms with Crippen LogP contribution in [0.25, 0.3) is 0 Å². The Kier molecular flexibility index (Phi) is 3.58. The van der Waals surface area contributed by atoms with Crippen molar-refractivity contribution in [2.75, 3.05) is 27.8 Å². The van der Waals surface area contributed by atoms with Gasteiger partial charge in [0.05, 0.1) is 33.4 Å². The number of phenolic OH excluding ortho intramolecular Hbond substituents is 2. The summed E-state index contributed by atoms with van der Waals surface area (Å²) >= 11 is 0. The number of methoxy groups -OCH3 is 2. The minimum Gasteiger partial charge on any atom is -0.504 e. The lowest BCUT2D eigenvalue weighted by molar-refractivity contribution is -0.956. The molecule has 0 amide bonds. The van der Waals surface area contributed by atoms with Gasteiger partial charge in [-0.1, -0.05) is 6.07 Å². The molecule has 0 saturated carbocycles. The van der Waals surface area contributed by atoms with Gasteiger partial charge in [-0.15, -0.1) is 0 Å². The number of nitrogens with zero attached hydrogens (tertiary/aromatic N) is 1. The monoisotopic (exact) mass is 342 g/mol. The fourth-order valence-electron chi connectivity index (χ4n) is 4.46. The van der Waals surface area contributed by atoms with Crippen molar-refractivity contribution in [2.45, 2.75) is 25.4 Å². The first-order valence-electron chi connectivity index (χ1n) is 8.58. The Bertz CT molecular complexity index is 848. The van der Waals surface area contributed by atoms with Crippen molar-refractivity contribution in [1.29, 1.82) is 0 Å². The second kappa shape index (κ2) is 5.56. The molecule has 2 aromatic rings. The summed E-state index contributed by atoms with van der Waals surface area (Å²) in [6.07, 6.45) is 1.75. The van der Waals surface area contributed by atoms with Gasteiger partial charge in [0, 0.05) is 18.4 Å². The summed E-state index contributed by atoms with van der Waals surface area (Å²) in [6.45, 7) is 1.74. The number of hydrogen-bond acceptors (Lipinski definition) is 4. The molecular weight excluding hydrogens is 318 g/mol. The van der Waals surface area contributed by atoms with Crippen LogP contribution < -0.4 is 9.47 Å². The SMILES string of the molecule is COc1cc2c(cc1O)CC[N+]1(C)Cc3c(ccc(OC)c3O)CC21. The van der Waals surface area contributed by atoms with Crippen molar-refractivity contribution in [3.63, 3.8) is 0 Å². The lowest BCUT2D eigenvalue weighted by Gasteiger charge is -2.49. The van der Waals surface area contributed by atoms with E-state index >= 15 is 0 Å². The predicted molar refractivity (Wildman–Crippen MR) is 94.2 cm³/mol. The van der Waals surface area contributed by atoms with E-state index in [2.05, 4.69) is 13.1 Å². The molecule has 0 aromatic heterocycles. The van der Waals surface area contributed by atoms with E-state index < -0.39 is 0 Å². The first-order valence-corrected chi connectivity index (χ1v) is 8.58. The highest BCUT2D eigenvalue weighted by Gasteiger charge is 2.44. The van der Waals surface area contributed by atoms with Crippen LogP contribution in [0.4, 0.5) is 0 Å². The van der Waals surface area contributed by atoms with Crippen molar-refractivity contribution in [3.05, 3.63) is 46.5 Å². The Morgan fingerprint density at radius 3 is 2.52 bits per heavy atom. The van der Waals surface area contributed by atoms with E-state index in [0.717, 1.165) is 36.0 Å². The van der Waals surface area contributed by atoms with Crippen molar-refractivity contribution in [1.82, 2.24) is 0 Å². The van der Waals surface area contributed by atoms with Gasteiger partial charge < -0.3 is 24.2 Å². The van der Waals surface area contributed by atoms with Gasteiger partial charge in [-0.25, -0.2) is 0 Å². The molecule has 5 heteroatoms. The van der Waals surface area contributed by atoms with Crippen LogP contribution in [0, 0.1) is 0 Å². The third kappa shape index (κ3) is 2.34. The molecular formula is C20H24NO4+. The van der Waals surface area contributed by atoms with E-state index in [1.54, 1.807) is 14.2 Å². The quantitative estimate of drug-likeness (QED) is 0.824. The highest BCUT2D eigenvalue weighted by molar-refractivity contribution is 5.52. The van der Waals surface area contributed by atoms with Crippen LogP contribution in [0.5, 0.6) is 23.0 Å². The topological polar surface area (TPSA) is 58.9 Å². The van der Waals surface area contributed by atoms with Gasteiger partial charge in [0.1, 0.15) is 12.6 Å². The summed E-state index contributed by atoms with van der Waals surface area (Å²) in [4.78, 5) is 0. The third-order valence-electron chi connectivity index (χ3n) is 5.94. The molecule has 2 heterocycles. The highest BCUT2D eigenvalue weighted by atomic mass is 16.5. The molecule has 2 aliphatic heterocycles. The molecule has 25 heavy (non-hydrogen) atoms. The Labute approximate surface area is 147 Å². The second-order valence-electron chi connectivity index (χ2n) is 7.31. The van der Waals surface area contributed by atoms with Gasteiger partial charge in [-0.3, -0.25) is 0 Å². The van der Waals surface area contributed by atoms with Crippen molar-refractivity contribution < 1.29 is 24.2 Å². The van der Waals surface area contributed by atoms with Crippen LogP contribution in [0.1, 0.15) is 28.3 Å². The van der Waals surface area contributed by atoms with Crippen LogP contribution in [0.15, 0.2) is 24.3 Å². The van der Waals surface area contributed by atoms with Crippen molar-refractivity contribution in [2.24, 2.45) is 0 Å². The van der Waals surface area contributed by atoms with E-state index in [0.29, 0.717) is 17.5 Å². The zero-order valence-corrected chi connectivity index (χ0v) is 14.9. The number of quaternary nitrogens is 1. The number of benzene rings is 2. The van der Waals surface area contributed by atoms with E-state index in [9.17, 15) is 10.2 Å². The lowest BCUT2D eigenvalue weighted by Crippen LogP contribution is -2.53. The summed E-state index contributed by atoms with van der Waals surface area (Å²) in [5, 5.41) is 20.7. The Morgan fingerprint density at radius 1 is 1.04 bits per heavy atom. The molecule has 0 fully saturated rings. The molecule has 2 unspecified atom stereocenters. The van der Waals surface area contributed by atoms with Gasteiger partial charge >= 0.3 is 0 Å². The first-order chi connectivity index (χ1) is 12.0. The Hall–Kier alpha value is -2.40. The molecule has 0 radical (unpaired) electrons. The second-order valence-corrected chi connectivity index (χ2v) is 7.31. The Balaban J connectivity index is 1.83. The van der Waals surface area contributed by atoms with Gasteiger partial charge in [0.2, 0.25) is 0 Å². The number of aromatic hydroxyl groups is 2. The minimum atomic E-state index is 0.205. The summed E-state index contributed by atoms with van der Waals surface area (Å²) in [7, 11) is 5.41. The zero-order chi connectivity index (χ0) is 17.8. The minimum absolute atomic E-state index is 0.205. The van der Waals surface area contributed by atoms with Gasteiger partial charge in [-0.2, -0.15) is 0 Å². The number of likely N-dealkylation sites (N-methyl/N-ethyl adjacent to an activating group) is 1. The summed E-state index contributed by atoms with van der Waals surface area (Å²) in [6, 6.07) is 8.02. The maximum atomic E-state index is 10.6. The van der Waals surface area contributed by atoms with Crippen LogP contribution in [0.3, 0.4) is 0 Å². The van der Waals surface area contributed by atoms with Crippen molar-refractivity contribution >= 4 is 0 Å². The lowest BCUT2D eigenvalue weighted by atomic mass is 9.81. The fourth-order valence-corrected chi connectivity index (χ4v) is 4.46. The van der Waals surface area contributed by atoms with Crippen LogP contribution in [-0.2, 0) is 19.4 Å². The number of hydrogen-bond donors (Lipinski definition) is 2. The molecule has 2 atom stereocenters. The summed E-state index contributed by atoms with van der Waals surface area (Å²) < 4.78 is 11.4. The molecule has 2 aromatic carbocycles. The number of rotatable bonds is 2. The van der Waals surface area contributed by atoms with Crippen LogP contribution in [-0.4, -0.2) is 42.5 Å². The maximum Gasteiger partial charge on any atom is 0.166 e. The number of fused-ring (bicyclic) bond motifs is 4. The molecule has 2 N–H and O–H groups in total. The van der Waals surface area contributed by atoms with E-state index in [1.807, 2.05) is 18.2 Å². The van der Waals surface area contributed by atoms with E-state index in [4.69, 9.17) is 9.47 Å². The van der Waals surface area contributed by atoms with Crippen LogP contribution >= 0.6 is 0 Å². The normalized spacial score (nSPS) is 24.0. The van der Waals surface area contributed by atoms with Crippen molar-refractivity contribution in [3.8, 4) is 23.0 Å². The summed E-state index contributed by atoms with van der Waals surface area (Å²) in [5.74, 6) is 1.53. The molecule has 4 rings (SSSR count). The van der Waals surface area contributed by atoms with E-state index in [1.165, 1.54) is 16.7 Å². The maximum absolute atomic E-state index is 10.6. The standard InChI is InChI=1S/C20H23NO4/c1-21-7-6-13-9-17(22)19(25-3)10-14(13)16(21)8-12-4-5-18(24-2)20(23)15(12)11-21/h4-5,9-10,16H,6-8,11H2,1-3H3,(H-,22,23)/p+1. The molecule has 0 saturated heterocycles. The number of phenols is 2. The molecule has 0 spiro atoms. The molecule has 132 valence electrons. The average Bonchev–Trinajstić information content (AvgIpc) is 2.60. The highest BCUT2D eigenvalue weighted by Crippen LogP contribution is 2.48. The molecule has 2 aliphatic rings. The average molecular weight is 342 g/mol. The Morgan fingerprint density at radius 2 is 1.80 bits per heavy atom. The van der Waals surface area contributed by atoms with Crippen LogP contribution in [0.2, 0.25) is 0 Å². The first kappa shape index (κ1) is 16.1. The largest absolute Gasteiger partial charge is 0.504 e. The molecule has 0 bridgehead atoms. The molecule has 0 aliphatic carbocycles. The zero-order valence-electron chi connectivity index (χ0n) is 14.9. The predicted octanol–water partition coefficient (Wildman–Crippen LogP) is 2.92. The smallest absolute Gasteiger partial charge is 0.166 e. The fraction of sp³-hybridized carbons (Fsp3) is 0.400. The van der Waals surface area contributed by atoms with Gasteiger partial charge in [0.25, 0.3) is 0 Å². The number of ether oxygens (including phenoxy) is 2. The summed E-state index contributed by atoms with van der Waals surface area (Å²) in [5.41, 5.74) is 4.59. The third-order valence-corrected chi connectivity index (χ3v) is 5.94. The van der Waals surface area contributed by atoms with Gasteiger partial charge in [-0.05, 0) is 29.3 Å². The van der Waals surface area contributed by atoms with E-state index in [-0.39, 0.29) is 11.5 Å². The molecule has 5 nitrogen and oxygen atoms in total.